The molecular formula is C40H44Cl2SiZr. The fourth-order valence-electron chi connectivity index (χ4n) is 5.25. The number of hydrogen-bond acceptors (Lipinski definition) is 0. The molecule has 2 radical (unpaired) electrons. The number of fused-ring (bicyclic) bond motifs is 2. The minimum absolute atomic E-state index is 0.213. The van der Waals surface area contributed by atoms with Crippen molar-refractivity contribution in [2.24, 2.45) is 0 Å². The summed E-state index contributed by atoms with van der Waals surface area (Å²) in [6, 6.07) is 42.0. The van der Waals surface area contributed by atoms with Gasteiger partial charge in [-0.15, -0.1) is 63.5 Å². The molecule has 44 heavy (non-hydrogen) atoms. The molecule has 6 aromatic carbocycles. The molecule has 0 bridgehead atoms. The summed E-state index contributed by atoms with van der Waals surface area (Å²) >= 11 is -0.826. The van der Waals surface area contributed by atoms with E-state index >= 15 is 0 Å². The van der Waals surface area contributed by atoms with Crippen LogP contribution in [0.4, 0.5) is 0 Å². The molecule has 0 aliphatic heterocycles. The average Bonchev–Trinajstić information content (AvgIpc) is 3.64. The van der Waals surface area contributed by atoms with Crippen molar-refractivity contribution in [3.05, 3.63) is 132 Å². The SMILES string of the molecule is CC(C)(C)c1ccc(-c2cccc3[cH-]ccc23)cc1.C[Si]C.Cc1cc2c(-c3ccc(C(C)C)cc3)cccc2[cH-]1.[Cl][Zr+2][Cl]. The molecule has 0 aliphatic carbocycles. The van der Waals surface area contributed by atoms with Crippen LogP contribution in [-0.4, -0.2) is 9.52 Å². The molecule has 4 heteroatoms. The summed E-state index contributed by atoms with van der Waals surface area (Å²) in [5.74, 6) is 0.589. The van der Waals surface area contributed by atoms with Crippen LogP contribution < -0.4 is 0 Å². The second-order valence-corrected chi connectivity index (χ2v) is 17.1. The van der Waals surface area contributed by atoms with Crippen molar-refractivity contribution in [2.75, 3.05) is 0 Å². The van der Waals surface area contributed by atoms with Crippen molar-refractivity contribution >= 4 is 48.1 Å². The van der Waals surface area contributed by atoms with Crippen LogP contribution in [0.2, 0.25) is 13.1 Å². The molecular weight excluding hydrogens is 671 g/mol. The van der Waals surface area contributed by atoms with Crippen molar-refractivity contribution < 1.29 is 20.8 Å². The molecule has 0 atom stereocenters. The van der Waals surface area contributed by atoms with Gasteiger partial charge in [-0.25, -0.2) is 0 Å². The van der Waals surface area contributed by atoms with E-state index in [2.05, 4.69) is 170 Å². The molecule has 6 rings (SSSR count). The molecule has 6 aromatic rings. The standard InChI is InChI=1S/2C19H19.C2H6Si.2ClH.Zr/c1-19(2,3)16-12-10-15(11-13-16)18-9-5-7-14-6-4-8-17(14)18;1-13(2)15-7-9-16(10-8-15)18-6-4-5-17-11-14(3)12-19(17)18;1-3-2;;;/h2*4-13H,1-3H3;1-2H3;2*1H;/q2*-1;;;;+4/p-2. The van der Waals surface area contributed by atoms with Gasteiger partial charge in [-0.2, -0.15) is 18.2 Å². The van der Waals surface area contributed by atoms with Crippen LogP contribution in [0.3, 0.4) is 0 Å². The van der Waals surface area contributed by atoms with E-state index in [1.807, 2.05) is 0 Å². The molecule has 0 saturated heterocycles. The maximum absolute atomic E-state index is 4.93. The number of hydrogen-bond donors (Lipinski definition) is 0. The topological polar surface area (TPSA) is 0 Å². The summed E-state index contributed by atoms with van der Waals surface area (Å²) in [4.78, 5) is 0. The monoisotopic (exact) mass is 712 g/mol. The predicted molar refractivity (Wildman–Crippen MR) is 197 cm³/mol. The molecule has 0 nitrogen and oxygen atoms in total. The van der Waals surface area contributed by atoms with Crippen LogP contribution in [-0.2, 0) is 26.3 Å². The zero-order valence-corrected chi connectivity index (χ0v) is 32.3. The molecule has 0 fully saturated rings. The normalized spacial score (nSPS) is 10.7. The van der Waals surface area contributed by atoms with E-state index in [-0.39, 0.29) is 5.41 Å². The maximum atomic E-state index is 4.93. The molecule has 0 unspecified atom stereocenters. The minimum atomic E-state index is -0.826. The zero-order chi connectivity index (χ0) is 32.3. The van der Waals surface area contributed by atoms with E-state index in [1.54, 1.807) is 0 Å². The molecule has 0 saturated carbocycles. The van der Waals surface area contributed by atoms with Crippen molar-refractivity contribution in [1.29, 1.82) is 0 Å². The van der Waals surface area contributed by atoms with Crippen LogP contribution >= 0.6 is 17.0 Å². The Kier molecular flexibility index (Phi) is 14.4. The first kappa shape index (κ1) is 36.3. The third-order valence-corrected chi connectivity index (χ3v) is 7.52. The Morgan fingerprint density at radius 2 is 1.20 bits per heavy atom. The van der Waals surface area contributed by atoms with Crippen LogP contribution in [0.1, 0.15) is 57.2 Å². The van der Waals surface area contributed by atoms with Gasteiger partial charge in [0.25, 0.3) is 0 Å². The van der Waals surface area contributed by atoms with Gasteiger partial charge in [0.15, 0.2) is 0 Å². The Morgan fingerprint density at radius 1 is 0.705 bits per heavy atom. The molecule has 0 aliphatic rings. The van der Waals surface area contributed by atoms with Gasteiger partial charge in [0.2, 0.25) is 0 Å². The summed E-state index contributed by atoms with van der Waals surface area (Å²) < 4.78 is 0. The van der Waals surface area contributed by atoms with E-state index in [1.165, 1.54) is 60.5 Å². The van der Waals surface area contributed by atoms with Crippen molar-refractivity contribution in [3.8, 4) is 22.3 Å². The molecule has 0 spiro atoms. The molecule has 0 heterocycles. The first-order valence-electron chi connectivity index (χ1n) is 15.1. The zero-order valence-electron chi connectivity index (χ0n) is 27.3. The van der Waals surface area contributed by atoms with Crippen molar-refractivity contribution in [3.63, 3.8) is 0 Å². The van der Waals surface area contributed by atoms with E-state index in [0.717, 1.165) is 9.52 Å². The van der Waals surface area contributed by atoms with Gasteiger partial charge < -0.3 is 0 Å². The quantitative estimate of drug-likeness (QED) is 0.126. The van der Waals surface area contributed by atoms with Crippen LogP contribution in [0.25, 0.3) is 43.8 Å². The summed E-state index contributed by atoms with van der Waals surface area (Å²) in [6.45, 7) is 17.7. The second-order valence-electron chi connectivity index (χ2n) is 12.4. The third-order valence-electron chi connectivity index (χ3n) is 7.52. The fraction of sp³-hybridized carbons (Fsp3) is 0.250. The number of benzene rings is 4. The Balaban J connectivity index is 0.000000204. The van der Waals surface area contributed by atoms with E-state index in [9.17, 15) is 0 Å². The third kappa shape index (κ3) is 9.89. The second kappa shape index (κ2) is 17.5. The van der Waals surface area contributed by atoms with Gasteiger partial charge in [-0.3, -0.25) is 0 Å². The summed E-state index contributed by atoms with van der Waals surface area (Å²) in [7, 11) is 11.0. The number of halogens is 2. The Morgan fingerprint density at radius 3 is 1.73 bits per heavy atom. The predicted octanol–water partition coefficient (Wildman–Crippen LogP) is 13.3. The fourth-order valence-corrected chi connectivity index (χ4v) is 5.25. The van der Waals surface area contributed by atoms with E-state index in [4.69, 9.17) is 17.0 Å². The van der Waals surface area contributed by atoms with Gasteiger partial charge in [-0.05, 0) is 33.6 Å². The number of rotatable bonds is 3. The first-order chi connectivity index (χ1) is 21.0. The Hall–Kier alpha value is -2.22. The Bertz CT molecular complexity index is 1700. The first-order valence-corrected chi connectivity index (χ1v) is 23.4. The summed E-state index contributed by atoms with van der Waals surface area (Å²) in [5.41, 5.74) is 9.58. The van der Waals surface area contributed by atoms with E-state index < -0.39 is 20.8 Å². The van der Waals surface area contributed by atoms with Crippen LogP contribution in [0.5, 0.6) is 0 Å². The average molecular weight is 715 g/mol. The van der Waals surface area contributed by atoms with Crippen LogP contribution in [0, 0.1) is 6.92 Å². The van der Waals surface area contributed by atoms with Gasteiger partial charge in [0, 0.05) is 9.52 Å². The van der Waals surface area contributed by atoms with Crippen molar-refractivity contribution in [1.82, 2.24) is 0 Å². The van der Waals surface area contributed by atoms with Gasteiger partial charge >= 0.3 is 37.9 Å². The Labute approximate surface area is 287 Å². The van der Waals surface area contributed by atoms with Gasteiger partial charge in [0.1, 0.15) is 0 Å². The molecule has 0 N–H and O–H groups in total. The molecule has 226 valence electrons. The summed E-state index contributed by atoms with van der Waals surface area (Å²) in [6.07, 6.45) is 0. The van der Waals surface area contributed by atoms with Gasteiger partial charge in [0.05, 0.1) is 0 Å². The summed E-state index contributed by atoms with van der Waals surface area (Å²) in [5, 5.41) is 5.35. The number of aryl methyl sites for hydroxylation is 1. The molecule has 0 aromatic heterocycles. The van der Waals surface area contributed by atoms with Crippen LogP contribution in [0.15, 0.2) is 115 Å². The van der Waals surface area contributed by atoms with Crippen molar-refractivity contribution in [2.45, 2.75) is 66.0 Å². The molecule has 0 amide bonds. The van der Waals surface area contributed by atoms with E-state index in [0.29, 0.717) is 5.92 Å². The van der Waals surface area contributed by atoms with Gasteiger partial charge in [-0.1, -0.05) is 126 Å².